The van der Waals surface area contributed by atoms with Gasteiger partial charge in [-0.15, -0.1) is 0 Å². The van der Waals surface area contributed by atoms with Gasteiger partial charge in [-0.25, -0.2) is 0 Å². The standard InChI is InChI=1S/C13H27N3/c1-10-8-12(5-7-15-10)13-3-2-11(4-6-14)9-16-13/h10-13,15-16H,2-9,14H2,1H3. The lowest BCUT2D eigenvalue weighted by atomic mass is 9.80. The van der Waals surface area contributed by atoms with Crippen molar-refractivity contribution in [3.8, 4) is 0 Å². The molecule has 0 bridgehead atoms. The Morgan fingerprint density at radius 2 is 2.06 bits per heavy atom. The van der Waals surface area contributed by atoms with E-state index in [9.17, 15) is 0 Å². The van der Waals surface area contributed by atoms with Crippen LogP contribution in [0.3, 0.4) is 0 Å². The molecule has 2 heterocycles. The van der Waals surface area contributed by atoms with Crippen molar-refractivity contribution < 1.29 is 0 Å². The fraction of sp³-hybridized carbons (Fsp3) is 1.00. The average molecular weight is 225 g/mol. The summed E-state index contributed by atoms with van der Waals surface area (Å²) < 4.78 is 0. The molecule has 3 heteroatoms. The average Bonchev–Trinajstić information content (AvgIpc) is 2.30. The molecule has 0 aliphatic carbocycles. The van der Waals surface area contributed by atoms with Crippen molar-refractivity contribution in [1.82, 2.24) is 10.6 Å². The molecular weight excluding hydrogens is 198 g/mol. The van der Waals surface area contributed by atoms with Crippen LogP contribution in [0, 0.1) is 11.8 Å². The van der Waals surface area contributed by atoms with Crippen LogP contribution in [0.25, 0.3) is 0 Å². The molecule has 0 saturated carbocycles. The van der Waals surface area contributed by atoms with Crippen molar-refractivity contribution in [1.29, 1.82) is 0 Å². The lowest BCUT2D eigenvalue weighted by Gasteiger charge is -2.38. The Morgan fingerprint density at radius 1 is 1.19 bits per heavy atom. The maximum Gasteiger partial charge on any atom is 0.00966 e. The normalized spacial score (nSPS) is 40.9. The summed E-state index contributed by atoms with van der Waals surface area (Å²) >= 11 is 0. The molecule has 4 atom stereocenters. The maximum atomic E-state index is 5.62. The second kappa shape index (κ2) is 5.99. The molecular formula is C13H27N3. The molecule has 2 aliphatic rings. The molecule has 0 aromatic carbocycles. The Kier molecular flexibility index (Phi) is 4.62. The minimum absolute atomic E-state index is 0.710. The van der Waals surface area contributed by atoms with Crippen molar-refractivity contribution >= 4 is 0 Å². The van der Waals surface area contributed by atoms with Crippen molar-refractivity contribution in [3.63, 3.8) is 0 Å². The monoisotopic (exact) mass is 225 g/mol. The first-order chi connectivity index (χ1) is 7.79. The zero-order valence-corrected chi connectivity index (χ0v) is 10.5. The first kappa shape index (κ1) is 12.3. The van der Waals surface area contributed by atoms with Crippen LogP contribution < -0.4 is 16.4 Å². The van der Waals surface area contributed by atoms with Crippen LogP contribution in [0.1, 0.15) is 39.0 Å². The van der Waals surface area contributed by atoms with Gasteiger partial charge < -0.3 is 16.4 Å². The third kappa shape index (κ3) is 3.19. The van der Waals surface area contributed by atoms with Crippen LogP contribution in [-0.4, -0.2) is 31.7 Å². The number of piperidine rings is 2. The van der Waals surface area contributed by atoms with E-state index in [-0.39, 0.29) is 0 Å². The summed E-state index contributed by atoms with van der Waals surface area (Å²) in [6.07, 6.45) is 6.64. The molecule has 0 aromatic heterocycles. The largest absolute Gasteiger partial charge is 0.330 e. The molecule has 0 aromatic rings. The van der Waals surface area contributed by atoms with Gasteiger partial charge in [-0.2, -0.15) is 0 Å². The van der Waals surface area contributed by atoms with E-state index in [0.29, 0.717) is 6.04 Å². The minimum Gasteiger partial charge on any atom is -0.330 e. The van der Waals surface area contributed by atoms with Crippen LogP contribution in [0.2, 0.25) is 0 Å². The molecule has 2 rings (SSSR count). The minimum atomic E-state index is 0.710. The third-order valence-electron chi connectivity index (χ3n) is 4.36. The van der Waals surface area contributed by atoms with Crippen molar-refractivity contribution in [2.45, 2.75) is 51.1 Å². The Bertz CT molecular complexity index is 199. The van der Waals surface area contributed by atoms with Crippen LogP contribution in [0.15, 0.2) is 0 Å². The Morgan fingerprint density at radius 3 is 2.69 bits per heavy atom. The highest BCUT2D eigenvalue weighted by Gasteiger charge is 2.29. The predicted molar refractivity (Wildman–Crippen MR) is 68.4 cm³/mol. The van der Waals surface area contributed by atoms with Gasteiger partial charge in [0.1, 0.15) is 0 Å². The second-order valence-corrected chi connectivity index (χ2v) is 5.68. The van der Waals surface area contributed by atoms with E-state index in [0.717, 1.165) is 24.4 Å². The summed E-state index contributed by atoms with van der Waals surface area (Å²) in [6.45, 7) is 5.56. The molecule has 16 heavy (non-hydrogen) atoms. The lowest BCUT2D eigenvalue weighted by molar-refractivity contribution is 0.190. The first-order valence-corrected chi connectivity index (χ1v) is 6.96. The zero-order valence-electron chi connectivity index (χ0n) is 10.5. The molecule has 3 nitrogen and oxygen atoms in total. The summed E-state index contributed by atoms with van der Waals surface area (Å²) in [7, 11) is 0. The predicted octanol–water partition coefficient (Wildman–Crippen LogP) is 1.09. The highest BCUT2D eigenvalue weighted by molar-refractivity contribution is 4.87. The Labute approximate surface area is 99.5 Å². The van der Waals surface area contributed by atoms with E-state index in [1.54, 1.807) is 0 Å². The molecule has 2 saturated heterocycles. The molecule has 0 amide bonds. The van der Waals surface area contributed by atoms with Gasteiger partial charge in [0, 0.05) is 12.1 Å². The summed E-state index contributed by atoms with van der Waals surface area (Å²) in [4.78, 5) is 0. The highest BCUT2D eigenvalue weighted by Crippen LogP contribution is 2.27. The molecule has 2 fully saturated rings. The van der Waals surface area contributed by atoms with Crippen molar-refractivity contribution in [2.75, 3.05) is 19.6 Å². The highest BCUT2D eigenvalue weighted by atomic mass is 15.0. The van der Waals surface area contributed by atoms with Crippen LogP contribution in [0.4, 0.5) is 0 Å². The van der Waals surface area contributed by atoms with Crippen molar-refractivity contribution in [3.05, 3.63) is 0 Å². The molecule has 0 radical (unpaired) electrons. The Hall–Kier alpha value is -0.120. The van der Waals surface area contributed by atoms with E-state index < -0.39 is 0 Å². The van der Waals surface area contributed by atoms with E-state index >= 15 is 0 Å². The third-order valence-corrected chi connectivity index (χ3v) is 4.36. The lowest BCUT2D eigenvalue weighted by Crippen LogP contribution is -2.48. The van der Waals surface area contributed by atoms with E-state index in [2.05, 4.69) is 17.6 Å². The Balaban J connectivity index is 1.75. The van der Waals surface area contributed by atoms with Gasteiger partial charge in [-0.1, -0.05) is 0 Å². The van der Waals surface area contributed by atoms with Crippen LogP contribution in [0.5, 0.6) is 0 Å². The molecule has 4 unspecified atom stereocenters. The molecule has 4 N–H and O–H groups in total. The van der Waals surface area contributed by atoms with Gasteiger partial charge >= 0.3 is 0 Å². The van der Waals surface area contributed by atoms with Gasteiger partial charge in [-0.3, -0.25) is 0 Å². The number of nitrogens with two attached hydrogens (primary N) is 1. The summed E-state index contributed by atoms with van der Waals surface area (Å²) in [5, 5.41) is 7.30. The quantitative estimate of drug-likeness (QED) is 0.674. The number of hydrogen-bond donors (Lipinski definition) is 3. The topological polar surface area (TPSA) is 50.1 Å². The summed E-state index contributed by atoms with van der Waals surface area (Å²) in [5.74, 6) is 1.73. The summed E-state index contributed by atoms with van der Waals surface area (Å²) in [5.41, 5.74) is 5.62. The van der Waals surface area contributed by atoms with E-state index in [1.165, 1.54) is 45.2 Å². The maximum absolute atomic E-state index is 5.62. The fourth-order valence-electron chi connectivity index (χ4n) is 3.36. The molecule has 2 aliphatic heterocycles. The van der Waals surface area contributed by atoms with Gasteiger partial charge in [0.2, 0.25) is 0 Å². The van der Waals surface area contributed by atoms with Crippen LogP contribution >= 0.6 is 0 Å². The fourth-order valence-corrected chi connectivity index (χ4v) is 3.36. The van der Waals surface area contributed by atoms with Gasteiger partial charge in [0.25, 0.3) is 0 Å². The smallest absolute Gasteiger partial charge is 0.00966 e. The van der Waals surface area contributed by atoms with Crippen LogP contribution in [-0.2, 0) is 0 Å². The second-order valence-electron chi connectivity index (χ2n) is 5.68. The number of hydrogen-bond acceptors (Lipinski definition) is 3. The van der Waals surface area contributed by atoms with Gasteiger partial charge in [0.05, 0.1) is 0 Å². The zero-order chi connectivity index (χ0) is 11.4. The molecule has 0 spiro atoms. The SMILES string of the molecule is CC1CC(C2CCC(CCN)CN2)CCN1. The first-order valence-electron chi connectivity index (χ1n) is 6.96. The number of rotatable bonds is 3. The number of nitrogens with one attached hydrogen (secondary N) is 2. The van der Waals surface area contributed by atoms with E-state index in [1.807, 2.05) is 0 Å². The van der Waals surface area contributed by atoms with E-state index in [4.69, 9.17) is 5.73 Å². The van der Waals surface area contributed by atoms with Crippen molar-refractivity contribution in [2.24, 2.45) is 17.6 Å². The van der Waals surface area contributed by atoms with Gasteiger partial charge in [0.15, 0.2) is 0 Å². The molecule has 94 valence electrons. The summed E-state index contributed by atoms with van der Waals surface area (Å²) in [6, 6.07) is 1.49. The van der Waals surface area contributed by atoms with Gasteiger partial charge in [-0.05, 0) is 70.5 Å².